The molecule has 35 heavy (non-hydrogen) atoms. The molecule has 1 aliphatic carbocycles. The molecule has 6 nitrogen and oxygen atoms in total. The minimum atomic E-state index is -2.62. The third-order valence-corrected chi connectivity index (χ3v) is 7.89. The van der Waals surface area contributed by atoms with Gasteiger partial charge in [0.15, 0.2) is 5.82 Å². The van der Waals surface area contributed by atoms with E-state index in [9.17, 15) is 13.2 Å². The van der Waals surface area contributed by atoms with Crippen LogP contribution in [-0.4, -0.2) is 49.2 Å². The fourth-order valence-corrected chi connectivity index (χ4v) is 6.09. The highest BCUT2D eigenvalue weighted by molar-refractivity contribution is 6.30. The number of hydrogen-bond donors (Lipinski definition) is 0. The maximum absolute atomic E-state index is 13.9. The van der Waals surface area contributed by atoms with E-state index >= 15 is 0 Å². The maximum atomic E-state index is 13.9. The molecule has 0 amide bonds. The molecule has 0 bridgehead atoms. The van der Waals surface area contributed by atoms with Gasteiger partial charge in [-0.2, -0.15) is 4.39 Å². The summed E-state index contributed by atoms with van der Waals surface area (Å²) in [4.78, 5) is 8.20. The zero-order valence-electron chi connectivity index (χ0n) is 19.4. The summed E-state index contributed by atoms with van der Waals surface area (Å²) in [6.07, 6.45) is 1.33. The van der Waals surface area contributed by atoms with Gasteiger partial charge in [0.25, 0.3) is 5.92 Å². The summed E-state index contributed by atoms with van der Waals surface area (Å²) >= 11 is 6.34. The van der Waals surface area contributed by atoms with E-state index in [1.807, 2.05) is 31.2 Å². The van der Waals surface area contributed by atoms with E-state index in [-0.39, 0.29) is 18.8 Å². The molecule has 4 heterocycles. The summed E-state index contributed by atoms with van der Waals surface area (Å²) in [5.74, 6) is -0.663. The normalized spacial score (nSPS) is 21.7. The van der Waals surface area contributed by atoms with Crippen molar-refractivity contribution in [3.63, 3.8) is 0 Å². The Balaban J connectivity index is 1.31. The molecular weight excluding hydrogens is 477 g/mol. The lowest BCUT2D eigenvalue weighted by Crippen LogP contribution is -2.59. The van der Waals surface area contributed by atoms with Crippen LogP contribution in [0.2, 0.25) is 5.02 Å². The first-order valence-corrected chi connectivity index (χ1v) is 12.3. The van der Waals surface area contributed by atoms with Crippen molar-refractivity contribution in [3.8, 4) is 5.69 Å². The van der Waals surface area contributed by atoms with Crippen LogP contribution in [0.4, 0.5) is 19.0 Å². The summed E-state index contributed by atoms with van der Waals surface area (Å²) in [6, 6.07) is 10.6. The lowest BCUT2D eigenvalue weighted by atomic mass is 9.73. The Kier molecular flexibility index (Phi) is 5.34. The minimum Gasteiger partial charge on any atom is -0.356 e. The Hall–Kier alpha value is -2.65. The van der Waals surface area contributed by atoms with Crippen molar-refractivity contribution < 1.29 is 13.2 Å². The average Bonchev–Trinajstić information content (AvgIpc) is 3.13. The van der Waals surface area contributed by atoms with Crippen molar-refractivity contribution in [1.29, 1.82) is 0 Å². The summed E-state index contributed by atoms with van der Waals surface area (Å²) in [6.45, 7) is 4.33. The van der Waals surface area contributed by atoms with Crippen molar-refractivity contribution in [1.82, 2.24) is 24.6 Å². The van der Waals surface area contributed by atoms with Gasteiger partial charge in [-0.05, 0) is 55.7 Å². The molecule has 2 aromatic heterocycles. The first-order chi connectivity index (χ1) is 16.7. The number of halogens is 4. The Labute approximate surface area is 206 Å². The molecule has 0 atom stereocenters. The molecule has 0 spiro atoms. The molecule has 184 valence electrons. The van der Waals surface area contributed by atoms with Crippen LogP contribution in [0.3, 0.4) is 0 Å². The number of nitrogens with zero attached hydrogens (tertiary/aromatic N) is 6. The van der Waals surface area contributed by atoms with Gasteiger partial charge >= 0.3 is 0 Å². The van der Waals surface area contributed by atoms with Gasteiger partial charge in [-0.15, -0.1) is 10.2 Å². The topological polar surface area (TPSA) is 50.1 Å². The van der Waals surface area contributed by atoms with Crippen molar-refractivity contribution in [3.05, 3.63) is 64.6 Å². The van der Waals surface area contributed by atoms with Crippen LogP contribution in [0, 0.1) is 5.95 Å². The van der Waals surface area contributed by atoms with Gasteiger partial charge in [-0.1, -0.05) is 17.7 Å². The van der Waals surface area contributed by atoms with Gasteiger partial charge in [0.05, 0.1) is 12.2 Å². The molecule has 3 aromatic rings. The van der Waals surface area contributed by atoms with E-state index in [1.54, 1.807) is 6.07 Å². The molecule has 0 radical (unpaired) electrons. The highest BCUT2D eigenvalue weighted by atomic mass is 35.5. The molecule has 10 heteroatoms. The van der Waals surface area contributed by atoms with Crippen LogP contribution in [0.15, 0.2) is 36.4 Å². The first-order valence-electron chi connectivity index (χ1n) is 11.9. The first kappa shape index (κ1) is 22.8. The van der Waals surface area contributed by atoms with E-state index in [0.29, 0.717) is 23.9 Å². The van der Waals surface area contributed by atoms with E-state index < -0.39 is 17.4 Å². The fraction of sp³-hybridized carbons (Fsp3) is 0.480. The lowest BCUT2D eigenvalue weighted by molar-refractivity contribution is -0.173. The summed E-state index contributed by atoms with van der Waals surface area (Å²) < 4.78 is 43.4. The van der Waals surface area contributed by atoms with Gasteiger partial charge in [-0.3, -0.25) is 9.47 Å². The number of rotatable bonds is 3. The second-order valence-electron chi connectivity index (χ2n) is 10.2. The number of aromatic nitrogens is 4. The minimum absolute atomic E-state index is 0.163. The third kappa shape index (κ3) is 4.08. The molecule has 1 saturated carbocycles. The smallest absolute Gasteiger partial charge is 0.251 e. The highest BCUT2D eigenvalue weighted by Crippen LogP contribution is 2.50. The largest absolute Gasteiger partial charge is 0.356 e. The zero-order chi connectivity index (χ0) is 24.4. The molecule has 2 fully saturated rings. The fourth-order valence-electron chi connectivity index (χ4n) is 5.90. The number of alkyl halides is 2. The van der Waals surface area contributed by atoms with Gasteiger partial charge in [0.2, 0.25) is 5.95 Å². The molecule has 1 aromatic carbocycles. The van der Waals surface area contributed by atoms with E-state index in [0.717, 1.165) is 48.8 Å². The van der Waals surface area contributed by atoms with Crippen LogP contribution in [-0.2, 0) is 13.1 Å². The number of piperidine rings is 1. The Morgan fingerprint density at radius 1 is 1.03 bits per heavy atom. The number of anilines is 1. The number of pyridine rings is 1. The second-order valence-corrected chi connectivity index (χ2v) is 10.7. The van der Waals surface area contributed by atoms with Crippen LogP contribution >= 0.6 is 11.6 Å². The molecule has 6 rings (SSSR count). The third-order valence-electron chi connectivity index (χ3n) is 7.66. The molecular formula is C25H26ClF3N6. The number of benzene rings is 1. The highest BCUT2D eigenvalue weighted by Gasteiger charge is 2.57. The Morgan fingerprint density at radius 3 is 2.51 bits per heavy atom. The van der Waals surface area contributed by atoms with E-state index in [2.05, 4.69) is 29.5 Å². The summed E-state index contributed by atoms with van der Waals surface area (Å²) in [5.41, 5.74) is 1.33. The van der Waals surface area contributed by atoms with Crippen molar-refractivity contribution in [2.75, 3.05) is 18.0 Å². The van der Waals surface area contributed by atoms with Crippen molar-refractivity contribution in [2.24, 2.45) is 0 Å². The Bertz CT molecular complexity index is 1260. The van der Waals surface area contributed by atoms with E-state index in [4.69, 9.17) is 11.6 Å². The zero-order valence-corrected chi connectivity index (χ0v) is 20.1. The van der Waals surface area contributed by atoms with Gasteiger partial charge in [0.1, 0.15) is 11.6 Å². The average molecular weight is 503 g/mol. The maximum Gasteiger partial charge on any atom is 0.251 e. The monoisotopic (exact) mass is 502 g/mol. The quantitative estimate of drug-likeness (QED) is 0.452. The number of fused-ring (bicyclic) bond motifs is 3. The number of hydrogen-bond acceptors (Lipinski definition) is 5. The van der Waals surface area contributed by atoms with Crippen molar-refractivity contribution >= 4 is 17.4 Å². The van der Waals surface area contributed by atoms with Crippen LogP contribution < -0.4 is 4.90 Å². The standard InChI is InChI=1S/C25H26ClF3N6/c1-24(14-25(28,29)15-24)34-12-17-11-18(26)5-6-19(17)35-22(13-34)31-32-23(35)16-7-9-33(10-8-16)21-4-2-3-20(27)30-21/h2-6,11,16H,7-10,12-15H2,1H3. The van der Waals surface area contributed by atoms with Gasteiger partial charge < -0.3 is 4.90 Å². The van der Waals surface area contributed by atoms with Crippen LogP contribution in [0.25, 0.3) is 5.69 Å². The van der Waals surface area contributed by atoms with Crippen molar-refractivity contribution in [2.45, 2.75) is 63.1 Å². The predicted octanol–water partition coefficient (Wildman–Crippen LogP) is 5.34. The molecule has 2 aliphatic heterocycles. The SMILES string of the molecule is CC1(N2Cc3cc(Cl)ccc3-n3c(nnc3C3CCN(c4cccc(F)n4)CC3)C2)CC(F)(F)C1. The van der Waals surface area contributed by atoms with E-state index in [1.165, 1.54) is 6.07 Å². The van der Waals surface area contributed by atoms with Gasteiger partial charge in [0, 0.05) is 49.0 Å². The molecule has 1 saturated heterocycles. The van der Waals surface area contributed by atoms with Crippen LogP contribution in [0.5, 0.6) is 0 Å². The molecule has 0 unspecified atom stereocenters. The summed E-state index contributed by atoms with van der Waals surface area (Å²) in [5, 5.41) is 9.74. The second kappa shape index (κ2) is 8.20. The van der Waals surface area contributed by atoms with Crippen LogP contribution in [0.1, 0.15) is 55.7 Å². The predicted molar refractivity (Wildman–Crippen MR) is 127 cm³/mol. The lowest BCUT2D eigenvalue weighted by Gasteiger charge is -2.51. The van der Waals surface area contributed by atoms with Gasteiger partial charge in [-0.25, -0.2) is 13.8 Å². The molecule has 3 aliphatic rings. The summed E-state index contributed by atoms with van der Waals surface area (Å²) in [7, 11) is 0. The Morgan fingerprint density at radius 2 is 1.80 bits per heavy atom. The molecule has 0 N–H and O–H groups in total.